The summed E-state index contributed by atoms with van der Waals surface area (Å²) in [7, 11) is 0. The van der Waals surface area contributed by atoms with E-state index in [4.69, 9.17) is 21.1 Å². The number of pyridine rings is 1. The molecule has 4 heterocycles. The van der Waals surface area contributed by atoms with Crippen LogP contribution in [0.1, 0.15) is 95.6 Å². The first-order chi connectivity index (χ1) is 28.2. The van der Waals surface area contributed by atoms with Crippen molar-refractivity contribution >= 4 is 47.0 Å². The predicted octanol–water partition coefficient (Wildman–Crippen LogP) is 4.78. The van der Waals surface area contributed by atoms with Crippen molar-refractivity contribution in [2.75, 3.05) is 50.8 Å². The molecule has 4 aliphatic rings. The zero-order valence-electron chi connectivity index (χ0n) is 33.9. The molecular weight excluding hydrogens is 774 g/mol. The Morgan fingerprint density at radius 2 is 1.75 bits per heavy atom. The summed E-state index contributed by atoms with van der Waals surface area (Å²) in [6.45, 7) is 13.6. The molecule has 3 aromatic rings. The highest BCUT2D eigenvalue weighted by molar-refractivity contribution is 6.31. The second-order valence-electron chi connectivity index (χ2n) is 16.9. The topological polar surface area (TPSA) is 174 Å². The summed E-state index contributed by atoms with van der Waals surface area (Å²) in [4.78, 5) is 74.1. The summed E-state index contributed by atoms with van der Waals surface area (Å²) in [5.74, 6) is -0.757. The SMILES string of the molecule is CC1(C)[C@H](NC(=O)c2ccc(N3CCN(CCOCCCCc4cccc5c4C(=O)N([C@H]4CCC(=O)NC4=O)C5=O)CC3)nc2)C(C)(C)[C@H]1Oc1ccc(C#N)c(Cl)c1. The molecule has 14 nitrogen and oxygen atoms in total. The minimum atomic E-state index is -0.979. The second-order valence-corrected chi connectivity index (χ2v) is 17.3. The number of anilines is 1. The zero-order valence-corrected chi connectivity index (χ0v) is 34.6. The number of hydrogen-bond donors (Lipinski definition) is 2. The number of nitrogens with one attached hydrogen (secondary N) is 2. The van der Waals surface area contributed by atoms with Crippen molar-refractivity contribution in [2.24, 2.45) is 10.8 Å². The van der Waals surface area contributed by atoms with Crippen LogP contribution in [0.25, 0.3) is 0 Å². The van der Waals surface area contributed by atoms with Gasteiger partial charge in [-0.25, -0.2) is 4.98 Å². The fourth-order valence-corrected chi connectivity index (χ4v) is 9.54. The average molecular weight is 824 g/mol. The summed E-state index contributed by atoms with van der Waals surface area (Å²) >= 11 is 6.24. The number of aromatic nitrogens is 1. The third-order valence-corrected chi connectivity index (χ3v) is 12.5. The highest BCUT2D eigenvalue weighted by Crippen LogP contribution is 2.55. The van der Waals surface area contributed by atoms with E-state index in [0.29, 0.717) is 52.7 Å². The van der Waals surface area contributed by atoms with Crippen LogP contribution < -0.4 is 20.3 Å². The van der Waals surface area contributed by atoms with Crippen molar-refractivity contribution in [2.45, 2.75) is 78.0 Å². The molecule has 1 atom stereocenters. The fourth-order valence-electron chi connectivity index (χ4n) is 9.33. The van der Waals surface area contributed by atoms with Gasteiger partial charge in [0.15, 0.2) is 0 Å². The molecule has 3 aliphatic heterocycles. The van der Waals surface area contributed by atoms with Gasteiger partial charge in [-0.3, -0.25) is 39.1 Å². The van der Waals surface area contributed by atoms with Gasteiger partial charge in [0.1, 0.15) is 29.8 Å². The Kier molecular flexibility index (Phi) is 12.1. The van der Waals surface area contributed by atoms with Crippen molar-refractivity contribution < 1.29 is 33.4 Å². The first-order valence-corrected chi connectivity index (χ1v) is 20.6. The van der Waals surface area contributed by atoms with Gasteiger partial charge < -0.3 is 19.7 Å². The lowest BCUT2D eigenvalue weighted by Gasteiger charge is -2.63. The van der Waals surface area contributed by atoms with Crippen LogP contribution in [0.3, 0.4) is 0 Å². The van der Waals surface area contributed by atoms with Gasteiger partial charge in [0, 0.05) is 74.9 Å². The molecule has 15 heteroatoms. The monoisotopic (exact) mass is 823 g/mol. The highest BCUT2D eigenvalue weighted by Gasteiger charge is 2.64. The first-order valence-electron chi connectivity index (χ1n) is 20.2. The molecule has 2 aromatic carbocycles. The van der Waals surface area contributed by atoms with E-state index >= 15 is 0 Å². The number of nitrogens with zero attached hydrogens (tertiary/aromatic N) is 5. The Bertz CT molecular complexity index is 2160. The smallest absolute Gasteiger partial charge is 0.262 e. The molecule has 2 N–H and O–H groups in total. The van der Waals surface area contributed by atoms with Crippen molar-refractivity contribution in [3.8, 4) is 11.8 Å². The van der Waals surface area contributed by atoms with E-state index in [1.54, 1.807) is 36.5 Å². The van der Waals surface area contributed by atoms with Gasteiger partial charge in [0.2, 0.25) is 11.8 Å². The number of halogens is 1. The predicted molar refractivity (Wildman–Crippen MR) is 219 cm³/mol. The third-order valence-electron chi connectivity index (χ3n) is 12.2. The fraction of sp³-hybridized carbons (Fsp3) is 0.477. The highest BCUT2D eigenvalue weighted by atomic mass is 35.5. The second kappa shape index (κ2) is 17.1. The lowest BCUT2D eigenvalue weighted by atomic mass is 9.49. The maximum Gasteiger partial charge on any atom is 0.262 e. The molecule has 1 aromatic heterocycles. The summed E-state index contributed by atoms with van der Waals surface area (Å²) < 4.78 is 12.3. The van der Waals surface area contributed by atoms with Gasteiger partial charge in [-0.15, -0.1) is 0 Å². The van der Waals surface area contributed by atoms with E-state index < -0.39 is 29.7 Å². The molecule has 0 unspecified atom stereocenters. The number of amides is 5. The molecule has 5 amide bonds. The van der Waals surface area contributed by atoms with Crippen molar-refractivity contribution in [1.82, 2.24) is 25.4 Å². The minimum absolute atomic E-state index is 0.0847. The summed E-state index contributed by atoms with van der Waals surface area (Å²) in [5, 5.41) is 15.0. The number of fused-ring (bicyclic) bond motifs is 1. The maximum absolute atomic E-state index is 13.4. The Morgan fingerprint density at radius 1 is 0.983 bits per heavy atom. The molecule has 0 bridgehead atoms. The number of piperidine rings is 1. The first kappa shape index (κ1) is 41.8. The van der Waals surface area contributed by atoms with E-state index in [1.807, 2.05) is 18.2 Å². The van der Waals surface area contributed by atoms with Crippen molar-refractivity contribution in [3.63, 3.8) is 0 Å². The number of ether oxygens (including phenoxy) is 2. The minimum Gasteiger partial charge on any atom is -0.489 e. The number of hydrogen-bond acceptors (Lipinski definition) is 11. The van der Waals surface area contributed by atoms with Crippen LogP contribution in [-0.2, 0) is 20.7 Å². The molecule has 0 radical (unpaired) electrons. The largest absolute Gasteiger partial charge is 0.489 e. The number of aryl methyl sites for hydroxylation is 1. The number of carbonyl (C=O) groups is 5. The van der Waals surface area contributed by atoms with Crippen LogP contribution >= 0.6 is 11.6 Å². The zero-order chi connectivity index (χ0) is 42.1. The number of imide groups is 2. The van der Waals surface area contributed by atoms with E-state index in [2.05, 4.69) is 59.2 Å². The van der Waals surface area contributed by atoms with E-state index in [9.17, 15) is 29.2 Å². The van der Waals surface area contributed by atoms with Gasteiger partial charge in [0.25, 0.3) is 17.7 Å². The van der Waals surface area contributed by atoms with Gasteiger partial charge in [-0.1, -0.05) is 51.4 Å². The molecule has 0 spiro atoms. The lowest BCUT2D eigenvalue weighted by Crippen LogP contribution is -2.74. The molecule has 1 saturated carbocycles. The third kappa shape index (κ3) is 8.42. The number of benzene rings is 2. The summed E-state index contributed by atoms with van der Waals surface area (Å²) in [6.07, 6.45) is 3.80. The molecule has 7 rings (SSSR count). The van der Waals surface area contributed by atoms with Gasteiger partial charge in [0.05, 0.1) is 33.9 Å². The quantitative estimate of drug-likeness (QED) is 0.169. The average Bonchev–Trinajstić information content (AvgIpc) is 3.47. The maximum atomic E-state index is 13.4. The number of rotatable bonds is 14. The Labute approximate surface area is 349 Å². The van der Waals surface area contributed by atoms with Crippen LogP contribution in [0.4, 0.5) is 5.82 Å². The van der Waals surface area contributed by atoms with E-state index in [-0.39, 0.29) is 41.7 Å². The number of unbranched alkanes of at least 4 members (excludes halogenated alkanes) is 1. The normalized spacial score (nSPS) is 22.3. The van der Waals surface area contributed by atoms with Gasteiger partial charge in [-0.2, -0.15) is 5.26 Å². The molecule has 1 aliphatic carbocycles. The number of carbonyl (C=O) groups excluding carboxylic acids is 5. The van der Waals surface area contributed by atoms with Crippen LogP contribution in [-0.4, -0.2) is 108 Å². The summed E-state index contributed by atoms with van der Waals surface area (Å²) in [5.41, 5.74) is 1.56. The van der Waals surface area contributed by atoms with Crippen molar-refractivity contribution in [3.05, 3.63) is 87.6 Å². The molecular formula is C44H50ClN7O7. The van der Waals surface area contributed by atoms with Crippen LogP contribution in [0.5, 0.6) is 5.75 Å². The van der Waals surface area contributed by atoms with E-state index in [0.717, 1.165) is 61.8 Å². The van der Waals surface area contributed by atoms with E-state index in [1.165, 1.54) is 0 Å². The standard InChI is InChI=1S/C44H50ClN7O7/c1-43(2)41(44(3,4)42(43)59-30-13-11-28(25-46)32(45)24-30)49-37(54)29-12-15-34(47-26-29)51-19-17-50(18-20-51)21-23-58-22-6-5-8-27-9-7-10-31-36(27)40(57)52(39(31)56)33-14-16-35(53)48-38(33)55/h7,9-13,15,24,26,33,41-42H,5-6,8,14,16-23H2,1-4H3,(H,49,54)(H,48,53,55)/t33-,41-,42-/m0/s1. The Morgan fingerprint density at radius 3 is 2.42 bits per heavy atom. The van der Waals surface area contributed by atoms with Crippen molar-refractivity contribution in [1.29, 1.82) is 5.26 Å². The summed E-state index contributed by atoms with van der Waals surface area (Å²) in [6, 6.07) is 14.9. The van der Waals surface area contributed by atoms with Crippen LogP contribution in [0.2, 0.25) is 5.02 Å². The molecule has 310 valence electrons. The van der Waals surface area contributed by atoms with Gasteiger partial charge >= 0.3 is 0 Å². The lowest BCUT2D eigenvalue weighted by molar-refractivity contribution is -0.164. The Balaban J connectivity index is 0.803. The van der Waals surface area contributed by atoms with Crippen LogP contribution in [0, 0.1) is 22.2 Å². The number of piperazine rings is 1. The Hall–Kier alpha value is -5.36. The molecule has 59 heavy (non-hydrogen) atoms. The van der Waals surface area contributed by atoms with Gasteiger partial charge in [-0.05, 0) is 61.6 Å². The molecule has 2 saturated heterocycles. The molecule has 3 fully saturated rings. The number of nitriles is 1. The van der Waals surface area contributed by atoms with Crippen LogP contribution in [0.15, 0.2) is 54.7 Å².